The maximum atomic E-state index is 5.76. The van der Waals surface area contributed by atoms with Crippen LogP contribution >= 0.6 is 0 Å². The highest BCUT2D eigenvalue weighted by Gasteiger charge is 2.41. The SMILES string of the molecule is CCCC1(CCC)CN(c2cc(CN)ccc2C)C1. The number of aryl methyl sites for hydroxylation is 1. The van der Waals surface area contributed by atoms with Crippen LogP contribution in [0.3, 0.4) is 0 Å². The van der Waals surface area contributed by atoms with Gasteiger partial charge in [0.1, 0.15) is 0 Å². The van der Waals surface area contributed by atoms with Crippen LogP contribution in [0.2, 0.25) is 0 Å². The van der Waals surface area contributed by atoms with E-state index in [9.17, 15) is 0 Å². The fourth-order valence-corrected chi connectivity index (χ4v) is 3.56. The van der Waals surface area contributed by atoms with E-state index in [-0.39, 0.29) is 0 Å². The first-order valence-corrected chi connectivity index (χ1v) is 7.68. The van der Waals surface area contributed by atoms with Crippen LogP contribution in [0.1, 0.15) is 50.7 Å². The summed E-state index contributed by atoms with van der Waals surface area (Å²) in [6, 6.07) is 6.62. The zero-order chi connectivity index (χ0) is 13.9. The summed E-state index contributed by atoms with van der Waals surface area (Å²) in [7, 11) is 0. The second kappa shape index (κ2) is 5.96. The van der Waals surface area contributed by atoms with E-state index in [4.69, 9.17) is 5.73 Å². The second-order valence-corrected chi connectivity index (χ2v) is 6.18. The Bertz CT molecular complexity index is 411. The number of hydrogen-bond donors (Lipinski definition) is 1. The molecule has 1 heterocycles. The maximum Gasteiger partial charge on any atom is 0.0399 e. The molecule has 1 aromatic carbocycles. The summed E-state index contributed by atoms with van der Waals surface area (Å²) in [5, 5.41) is 0. The van der Waals surface area contributed by atoms with Crippen molar-refractivity contribution in [3.8, 4) is 0 Å². The molecule has 0 aromatic heterocycles. The summed E-state index contributed by atoms with van der Waals surface area (Å²) < 4.78 is 0. The Morgan fingerprint density at radius 3 is 2.32 bits per heavy atom. The van der Waals surface area contributed by atoms with Crippen LogP contribution in [-0.4, -0.2) is 13.1 Å². The van der Waals surface area contributed by atoms with E-state index in [1.54, 1.807) is 0 Å². The lowest BCUT2D eigenvalue weighted by atomic mass is 9.72. The lowest BCUT2D eigenvalue weighted by Gasteiger charge is -2.52. The molecule has 1 aliphatic rings. The van der Waals surface area contributed by atoms with Crippen molar-refractivity contribution in [1.29, 1.82) is 0 Å². The maximum absolute atomic E-state index is 5.76. The zero-order valence-electron chi connectivity index (χ0n) is 12.7. The molecule has 0 bridgehead atoms. The van der Waals surface area contributed by atoms with Gasteiger partial charge in [0, 0.05) is 30.7 Å². The van der Waals surface area contributed by atoms with Gasteiger partial charge in [0.15, 0.2) is 0 Å². The summed E-state index contributed by atoms with van der Waals surface area (Å²) in [6.07, 6.45) is 5.34. The Kier molecular flexibility index (Phi) is 4.51. The van der Waals surface area contributed by atoms with E-state index in [0.717, 1.165) is 0 Å². The third-order valence-corrected chi connectivity index (χ3v) is 4.46. The number of nitrogens with two attached hydrogens (primary N) is 1. The van der Waals surface area contributed by atoms with Gasteiger partial charge in [0.2, 0.25) is 0 Å². The zero-order valence-corrected chi connectivity index (χ0v) is 12.7. The van der Waals surface area contributed by atoms with E-state index >= 15 is 0 Å². The van der Waals surface area contributed by atoms with Gasteiger partial charge in [-0.05, 0) is 37.0 Å². The van der Waals surface area contributed by atoms with Gasteiger partial charge in [-0.3, -0.25) is 0 Å². The molecular weight excluding hydrogens is 232 g/mol. The first-order valence-electron chi connectivity index (χ1n) is 7.68. The minimum absolute atomic E-state index is 0.578. The minimum atomic E-state index is 0.578. The molecule has 2 nitrogen and oxygen atoms in total. The van der Waals surface area contributed by atoms with Gasteiger partial charge in [0.25, 0.3) is 0 Å². The summed E-state index contributed by atoms with van der Waals surface area (Å²) in [4.78, 5) is 2.54. The summed E-state index contributed by atoms with van der Waals surface area (Å²) in [6.45, 7) is 9.90. The molecule has 0 saturated carbocycles. The Hall–Kier alpha value is -1.02. The van der Waals surface area contributed by atoms with Crippen molar-refractivity contribution in [1.82, 2.24) is 0 Å². The van der Waals surface area contributed by atoms with Gasteiger partial charge in [-0.15, -0.1) is 0 Å². The van der Waals surface area contributed by atoms with Crippen molar-refractivity contribution in [2.75, 3.05) is 18.0 Å². The quantitative estimate of drug-likeness (QED) is 0.841. The van der Waals surface area contributed by atoms with E-state index < -0.39 is 0 Å². The van der Waals surface area contributed by atoms with Crippen LogP contribution in [-0.2, 0) is 6.54 Å². The molecule has 2 heteroatoms. The van der Waals surface area contributed by atoms with E-state index in [0.29, 0.717) is 12.0 Å². The molecule has 2 N–H and O–H groups in total. The molecule has 0 aliphatic carbocycles. The molecule has 106 valence electrons. The Morgan fingerprint density at radius 1 is 1.16 bits per heavy atom. The minimum Gasteiger partial charge on any atom is -0.370 e. The van der Waals surface area contributed by atoms with Crippen LogP contribution < -0.4 is 10.6 Å². The van der Waals surface area contributed by atoms with Gasteiger partial charge in [-0.2, -0.15) is 0 Å². The molecule has 0 atom stereocenters. The van der Waals surface area contributed by atoms with Crippen LogP contribution in [0.4, 0.5) is 5.69 Å². The lowest BCUT2D eigenvalue weighted by molar-refractivity contribution is 0.173. The predicted octanol–water partition coefficient (Wildman–Crippen LogP) is 3.86. The van der Waals surface area contributed by atoms with Gasteiger partial charge in [-0.25, -0.2) is 0 Å². The largest absolute Gasteiger partial charge is 0.370 e. The molecule has 1 saturated heterocycles. The monoisotopic (exact) mass is 260 g/mol. The normalized spacial score (nSPS) is 17.4. The van der Waals surface area contributed by atoms with Crippen LogP contribution in [0.15, 0.2) is 18.2 Å². The molecule has 1 aliphatic heterocycles. The van der Waals surface area contributed by atoms with Crippen molar-refractivity contribution in [3.05, 3.63) is 29.3 Å². The number of nitrogens with zero attached hydrogens (tertiary/aromatic N) is 1. The van der Waals surface area contributed by atoms with E-state index in [2.05, 4.69) is 43.9 Å². The Balaban J connectivity index is 2.10. The van der Waals surface area contributed by atoms with Crippen LogP contribution in [0.25, 0.3) is 0 Å². The summed E-state index contributed by atoms with van der Waals surface area (Å²) in [5.74, 6) is 0. The molecule has 0 amide bonds. The summed E-state index contributed by atoms with van der Waals surface area (Å²) in [5.41, 5.74) is 10.3. The fraction of sp³-hybridized carbons (Fsp3) is 0.647. The second-order valence-electron chi connectivity index (χ2n) is 6.18. The van der Waals surface area contributed by atoms with E-state index in [1.807, 2.05) is 0 Å². The molecule has 19 heavy (non-hydrogen) atoms. The average molecular weight is 260 g/mol. The van der Waals surface area contributed by atoms with Crippen molar-refractivity contribution in [2.24, 2.45) is 11.1 Å². The first-order chi connectivity index (χ1) is 9.14. The van der Waals surface area contributed by atoms with Crippen molar-refractivity contribution in [2.45, 2.75) is 53.0 Å². The highest BCUT2D eigenvalue weighted by atomic mass is 15.2. The number of anilines is 1. The average Bonchev–Trinajstić information content (AvgIpc) is 2.36. The van der Waals surface area contributed by atoms with Gasteiger partial charge < -0.3 is 10.6 Å². The van der Waals surface area contributed by atoms with Gasteiger partial charge >= 0.3 is 0 Å². The summed E-state index contributed by atoms with van der Waals surface area (Å²) >= 11 is 0. The van der Waals surface area contributed by atoms with Gasteiger partial charge in [0.05, 0.1) is 0 Å². The molecule has 1 aromatic rings. The topological polar surface area (TPSA) is 29.3 Å². The predicted molar refractivity (Wildman–Crippen MR) is 83.5 cm³/mol. The number of benzene rings is 1. The number of rotatable bonds is 6. The highest BCUT2D eigenvalue weighted by molar-refractivity contribution is 5.57. The first kappa shape index (κ1) is 14.4. The van der Waals surface area contributed by atoms with Crippen LogP contribution in [0.5, 0.6) is 0 Å². The third-order valence-electron chi connectivity index (χ3n) is 4.46. The standard InChI is InChI=1S/C17H28N2/c1-4-8-17(9-5-2)12-19(13-17)16-10-15(11-18)7-6-14(16)3/h6-7,10H,4-5,8-9,11-13,18H2,1-3H3. The Labute approximate surface area is 118 Å². The fourth-order valence-electron chi connectivity index (χ4n) is 3.56. The lowest BCUT2D eigenvalue weighted by Crippen LogP contribution is -2.56. The van der Waals surface area contributed by atoms with Crippen LogP contribution in [0, 0.1) is 12.3 Å². The van der Waals surface area contributed by atoms with Crippen molar-refractivity contribution < 1.29 is 0 Å². The molecule has 1 fully saturated rings. The third kappa shape index (κ3) is 2.94. The molecule has 0 unspecified atom stereocenters. The molecule has 0 spiro atoms. The smallest absolute Gasteiger partial charge is 0.0399 e. The molecular formula is C17H28N2. The molecule has 0 radical (unpaired) electrons. The molecule has 2 rings (SSSR count). The highest BCUT2D eigenvalue weighted by Crippen LogP contribution is 2.42. The van der Waals surface area contributed by atoms with Crippen molar-refractivity contribution in [3.63, 3.8) is 0 Å². The van der Waals surface area contributed by atoms with Crippen molar-refractivity contribution >= 4 is 5.69 Å². The van der Waals surface area contributed by atoms with E-state index in [1.165, 1.54) is 55.6 Å². The van der Waals surface area contributed by atoms with Gasteiger partial charge in [-0.1, -0.05) is 38.8 Å². The number of hydrogen-bond acceptors (Lipinski definition) is 2. The Morgan fingerprint density at radius 2 is 1.79 bits per heavy atom.